The van der Waals surface area contributed by atoms with E-state index in [1.807, 2.05) is 42.5 Å². The summed E-state index contributed by atoms with van der Waals surface area (Å²) in [5.74, 6) is 0. The summed E-state index contributed by atoms with van der Waals surface area (Å²) in [5.41, 5.74) is 21.8. The van der Waals surface area contributed by atoms with Gasteiger partial charge in [0, 0.05) is 39.1 Å². The molecule has 372 valence electrons. The van der Waals surface area contributed by atoms with Crippen LogP contribution in [0.1, 0.15) is 16.7 Å². The maximum Gasteiger partial charge on any atom is 0.252 e. The molecule has 0 fully saturated rings. The number of benzene rings is 11. The van der Waals surface area contributed by atoms with Gasteiger partial charge in [0.1, 0.15) is 17.7 Å². The van der Waals surface area contributed by atoms with Gasteiger partial charge in [0.05, 0.1) is 33.7 Å². The Balaban J connectivity index is 1.16. The van der Waals surface area contributed by atoms with Crippen molar-refractivity contribution in [2.24, 2.45) is 0 Å². The molecular formula is C74H48BN5. The minimum atomic E-state index is -0.487. The highest BCUT2D eigenvalue weighted by molar-refractivity contribution is 7.00. The third kappa shape index (κ3) is 7.70. The summed E-state index contributed by atoms with van der Waals surface area (Å²) < 4.78 is 2.31. The minimum absolute atomic E-state index is 0.487. The van der Waals surface area contributed by atoms with Gasteiger partial charge in [0.15, 0.2) is 0 Å². The van der Waals surface area contributed by atoms with Crippen LogP contribution in [0.2, 0.25) is 0 Å². The molecule has 0 bridgehead atoms. The smallest absolute Gasteiger partial charge is 0.252 e. The Bertz CT molecular complexity index is 4510. The molecule has 80 heavy (non-hydrogen) atoms. The van der Waals surface area contributed by atoms with Gasteiger partial charge in [-0.2, -0.15) is 10.5 Å². The quantitative estimate of drug-likeness (QED) is 0.101. The predicted octanol–water partition coefficient (Wildman–Crippen LogP) is 17.0. The van der Waals surface area contributed by atoms with Crippen molar-refractivity contribution in [1.82, 2.24) is 4.57 Å². The summed E-state index contributed by atoms with van der Waals surface area (Å²) in [5, 5.41) is 26.3. The van der Waals surface area contributed by atoms with E-state index in [2.05, 4.69) is 258 Å². The van der Waals surface area contributed by atoms with Gasteiger partial charge in [-0.15, -0.1) is 0 Å². The molecule has 5 nitrogen and oxygen atoms in total. The van der Waals surface area contributed by atoms with Gasteiger partial charge in [0.2, 0.25) is 0 Å². The van der Waals surface area contributed by atoms with Crippen LogP contribution in [0, 0.1) is 22.7 Å². The molecule has 14 rings (SSSR count). The molecular weight excluding hydrogens is 970 g/mol. The minimum Gasteiger partial charge on any atom is -0.310 e. The van der Waals surface area contributed by atoms with Crippen LogP contribution in [-0.4, -0.2) is 11.3 Å². The molecule has 0 atom stereocenters. The number of hydrogen-bond donors (Lipinski definition) is 0. The number of hydrogen-bond acceptors (Lipinski definition) is 4. The Morgan fingerprint density at radius 2 is 0.887 bits per heavy atom. The van der Waals surface area contributed by atoms with Crippen molar-refractivity contribution in [1.29, 1.82) is 10.5 Å². The zero-order valence-corrected chi connectivity index (χ0v) is 43.6. The SMILES string of the molecule is C=C/C=C\C(=C)c1cc(C#N)c2c(c1)B1c3cc(-c4ccccc4)c(-n4c5ccccc5c5ccccc54)c(C#N)c3N(c3ccc(-c4ccccc4)cc3)c3cc(-c4ccccc4)cc(c31)N2c1ccc(-c2ccccc2)cc1. The molecule has 3 heterocycles. The number of nitriles is 2. The maximum absolute atomic E-state index is 12.5. The average molecular weight is 1020 g/mol. The number of allylic oxidation sites excluding steroid dienone is 4. The summed E-state index contributed by atoms with van der Waals surface area (Å²) >= 11 is 0. The number of rotatable bonds is 10. The van der Waals surface area contributed by atoms with Crippen LogP contribution in [0.4, 0.5) is 34.1 Å². The van der Waals surface area contributed by atoms with E-state index in [0.717, 1.165) is 134 Å². The molecule has 12 aromatic rings. The zero-order chi connectivity index (χ0) is 53.8. The Labute approximate surface area is 466 Å². The van der Waals surface area contributed by atoms with E-state index in [4.69, 9.17) is 0 Å². The van der Waals surface area contributed by atoms with Crippen LogP contribution in [0.3, 0.4) is 0 Å². The highest BCUT2D eigenvalue weighted by Gasteiger charge is 2.47. The van der Waals surface area contributed by atoms with Crippen LogP contribution in [0.5, 0.6) is 0 Å². The molecule has 0 N–H and O–H groups in total. The monoisotopic (exact) mass is 1020 g/mol. The Morgan fingerprint density at radius 1 is 0.438 bits per heavy atom. The molecule has 0 aliphatic carbocycles. The fraction of sp³-hybridized carbons (Fsp3) is 0. The summed E-state index contributed by atoms with van der Waals surface area (Å²) in [6, 6.07) is 93.1. The first-order valence-electron chi connectivity index (χ1n) is 26.9. The summed E-state index contributed by atoms with van der Waals surface area (Å²) in [7, 11) is 0. The van der Waals surface area contributed by atoms with E-state index in [9.17, 15) is 10.5 Å². The number of fused-ring (bicyclic) bond motifs is 7. The molecule has 0 unspecified atom stereocenters. The molecule has 6 heteroatoms. The number of aromatic nitrogens is 1. The normalized spacial score (nSPS) is 12.2. The first-order valence-corrected chi connectivity index (χ1v) is 26.9. The van der Waals surface area contributed by atoms with Gasteiger partial charge < -0.3 is 14.4 Å². The first kappa shape index (κ1) is 47.5. The molecule has 0 radical (unpaired) electrons. The molecule has 2 aliphatic heterocycles. The lowest BCUT2D eigenvalue weighted by Crippen LogP contribution is -2.62. The molecule has 2 aliphatic rings. The van der Waals surface area contributed by atoms with Gasteiger partial charge in [-0.3, -0.25) is 0 Å². The largest absolute Gasteiger partial charge is 0.310 e. The fourth-order valence-electron chi connectivity index (χ4n) is 12.4. The second-order valence-electron chi connectivity index (χ2n) is 20.4. The van der Waals surface area contributed by atoms with Crippen molar-refractivity contribution in [2.45, 2.75) is 0 Å². The van der Waals surface area contributed by atoms with Gasteiger partial charge in [-0.1, -0.05) is 226 Å². The Kier molecular flexibility index (Phi) is 11.6. The number of nitrogens with zero attached hydrogens (tertiary/aromatic N) is 5. The van der Waals surface area contributed by atoms with Gasteiger partial charge in [-0.25, -0.2) is 0 Å². The lowest BCUT2D eigenvalue weighted by molar-refractivity contribution is 1.16. The van der Waals surface area contributed by atoms with Gasteiger partial charge in [-0.05, 0) is 121 Å². The second-order valence-corrected chi connectivity index (χ2v) is 20.4. The first-order chi connectivity index (χ1) is 39.5. The fourth-order valence-corrected chi connectivity index (χ4v) is 12.4. The lowest BCUT2D eigenvalue weighted by atomic mass is 9.33. The highest BCUT2D eigenvalue weighted by atomic mass is 15.2. The van der Waals surface area contributed by atoms with Crippen molar-refractivity contribution in [3.05, 3.63) is 297 Å². The molecule has 0 saturated heterocycles. The number of anilines is 6. The van der Waals surface area contributed by atoms with E-state index in [-0.39, 0.29) is 0 Å². The van der Waals surface area contributed by atoms with Crippen molar-refractivity contribution in [2.75, 3.05) is 9.80 Å². The summed E-state index contributed by atoms with van der Waals surface area (Å²) in [6.45, 7) is 8.03. The highest BCUT2D eigenvalue weighted by Crippen LogP contribution is 2.51. The lowest BCUT2D eigenvalue weighted by Gasteiger charge is -2.45. The molecule has 11 aromatic carbocycles. The van der Waals surface area contributed by atoms with E-state index >= 15 is 0 Å². The van der Waals surface area contributed by atoms with Crippen LogP contribution >= 0.6 is 0 Å². The second kappa shape index (κ2) is 19.6. The topological polar surface area (TPSA) is 59.0 Å². The van der Waals surface area contributed by atoms with Crippen LogP contribution < -0.4 is 26.2 Å². The molecule has 0 amide bonds. The van der Waals surface area contributed by atoms with Crippen LogP contribution in [0.25, 0.3) is 77.6 Å². The Morgan fingerprint density at radius 3 is 1.39 bits per heavy atom. The maximum atomic E-state index is 12.5. The predicted molar refractivity (Wildman–Crippen MR) is 334 cm³/mol. The standard InChI is InChI=1S/C74H48BN5/c1-3-4-21-49(2)56-42-58(47-76)72-65(43-56)75-66-46-63(55-28-15-8-16-29-55)73(80-67-32-19-17-30-61(67)62-31-18-20-33-68(62)80)64(48-77)74(66)79(60-40-36-54(37-41-60)51-24-11-6-12-25-51)70-45-57(52-26-13-7-14-27-52)44-69(71(70)75)78(72)59-38-34-53(35-39-59)50-22-9-5-10-23-50/h3-46H,1-2H2/b21-4-. The van der Waals surface area contributed by atoms with Crippen LogP contribution in [-0.2, 0) is 0 Å². The van der Waals surface area contributed by atoms with Crippen molar-refractivity contribution in [3.63, 3.8) is 0 Å². The summed E-state index contributed by atoms with van der Waals surface area (Å²) in [6.07, 6.45) is 5.56. The average Bonchev–Trinajstić information content (AvgIpc) is 4.00. The van der Waals surface area contributed by atoms with E-state index in [0.29, 0.717) is 11.1 Å². The van der Waals surface area contributed by atoms with Crippen molar-refractivity contribution < 1.29 is 0 Å². The Hall–Kier alpha value is -10.9. The van der Waals surface area contributed by atoms with E-state index in [1.54, 1.807) is 6.08 Å². The van der Waals surface area contributed by atoms with Crippen molar-refractivity contribution >= 4 is 84.6 Å². The third-order valence-electron chi connectivity index (χ3n) is 15.9. The molecule has 0 saturated carbocycles. The van der Waals surface area contributed by atoms with E-state index < -0.39 is 6.71 Å². The van der Waals surface area contributed by atoms with Gasteiger partial charge >= 0.3 is 0 Å². The number of para-hydroxylation sites is 2. The van der Waals surface area contributed by atoms with Crippen LogP contribution in [0.15, 0.2) is 280 Å². The third-order valence-corrected chi connectivity index (χ3v) is 15.9. The summed E-state index contributed by atoms with van der Waals surface area (Å²) in [4.78, 5) is 4.65. The van der Waals surface area contributed by atoms with E-state index in [1.165, 1.54) is 0 Å². The zero-order valence-electron chi connectivity index (χ0n) is 43.6. The molecule has 0 spiro atoms. The van der Waals surface area contributed by atoms with Gasteiger partial charge in [0.25, 0.3) is 6.71 Å². The van der Waals surface area contributed by atoms with Crippen molar-refractivity contribution in [3.8, 4) is 62.3 Å². The molecule has 1 aromatic heterocycles.